The second kappa shape index (κ2) is 5.21. The van der Waals surface area contributed by atoms with Crippen LogP contribution in [0.25, 0.3) is 0 Å². The van der Waals surface area contributed by atoms with Gasteiger partial charge in [-0.25, -0.2) is 4.79 Å². The number of carbonyl (C=O) groups is 2. The van der Waals surface area contributed by atoms with Crippen molar-refractivity contribution in [2.75, 3.05) is 10.6 Å². The summed E-state index contributed by atoms with van der Waals surface area (Å²) < 4.78 is 2.76. The zero-order valence-corrected chi connectivity index (χ0v) is 10.1. The molecule has 100 valence electrons. The first kappa shape index (κ1) is 12.6. The zero-order valence-electron chi connectivity index (χ0n) is 10.1. The van der Waals surface area contributed by atoms with Crippen molar-refractivity contribution < 1.29 is 14.7 Å². The molecular formula is C10H12N6O3. The molecule has 2 heterocycles. The molecule has 2 rings (SSSR count). The molecule has 2 amide bonds. The van der Waals surface area contributed by atoms with Gasteiger partial charge in [0.15, 0.2) is 5.82 Å². The van der Waals surface area contributed by atoms with E-state index >= 15 is 0 Å². The second-order valence-electron chi connectivity index (χ2n) is 3.77. The monoisotopic (exact) mass is 264 g/mol. The van der Waals surface area contributed by atoms with Gasteiger partial charge in [0.2, 0.25) is 0 Å². The molecule has 0 aliphatic rings. The van der Waals surface area contributed by atoms with Crippen LogP contribution in [0.3, 0.4) is 0 Å². The normalized spacial score (nSPS) is 10.2. The fraction of sp³-hybridized carbons (Fsp3) is 0.200. The van der Waals surface area contributed by atoms with Crippen molar-refractivity contribution in [3.05, 3.63) is 24.7 Å². The first-order valence-corrected chi connectivity index (χ1v) is 5.35. The van der Waals surface area contributed by atoms with Crippen LogP contribution in [0, 0.1) is 0 Å². The van der Waals surface area contributed by atoms with Gasteiger partial charge in [0.05, 0.1) is 11.9 Å². The van der Waals surface area contributed by atoms with Gasteiger partial charge in [0, 0.05) is 25.5 Å². The SMILES string of the molecule is Cn1ccc(NC(=O)Nc2cnn(CC(=O)O)c2)n1. The van der Waals surface area contributed by atoms with Crippen LogP contribution >= 0.6 is 0 Å². The summed E-state index contributed by atoms with van der Waals surface area (Å²) in [6, 6.07) is 1.17. The highest BCUT2D eigenvalue weighted by Gasteiger charge is 2.07. The molecule has 0 saturated carbocycles. The number of carboxylic acid groups (broad SMARTS) is 1. The molecule has 2 aromatic rings. The van der Waals surface area contributed by atoms with Crippen molar-refractivity contribution in [3.8, 4) is 0 Å². The van der Waals surface area contributed by atoms with Crippen LogP contribution in [0.4, 0.5) is 16.3 Å². The predicted octanol–water partition coefficient (Wildman–Crippen LogP) is 0.345. The Bertz CT molecular complexity index is 602. The molecule has 0 aromatic carbocycles. The lowest BCUT2D eigenvalue weighted by Crippen LogP contribution is -2.19. The summed E-state index contributed by atoms with van der Waals surface area (Å²) in [6.07, 6.45) is 4.48. The molecule has 0 unspecified atom stereocenters. The number of amides is 2. The first-order chi connectivity index (χ1) is 9.02. The van der Waals surface area contributed by atoms with Crippen molar-refractivity contribution in [1.29, 1.82) is 0 Å². The van der Waals surface area contributed by atoms with Crippen LogP contribution in [0.2, 0.25) is 0 Å². The largest absolute Gasteiger partial charge is 0.480 e. The highest BCUT2D eigenvalue weighted by Crippen LogP contribution is 2.06. The molecule has 0 aliphatic heterocycles. The van der Waals surface area contributed by atoms with Crippen LogP contribution in [0.15, 0.2) is 24.7 Å². The summed E-state index contributed by atoms with van der Waals surface area (Å²) >= 11 is 0. The van der Waals surface area contributed by atoms with Crippen molar-refractivity contribution in [2.24, 2.45) is 7.05 Å². The average Bonchev–Trinajstić information content (AvgIpc) is 2.88. The van der Waals surface area contributed by atoms with E-state index in [9.17, 15) is 9.59 Å². The number of aliphatic carboxylic acids is 1. The summed E-state index contributed by atoms with van der Waals surface area (Å²) in [6.45, 7) is -0.260. The number of carbonyl (C=O) groups excluding carboxylic acids is 1. The molecule has 19 heavy (non-hydrogen) atoms. The fourth-order valence-corrected chi connectivity index (χ4v) is 1.41. The number of urea groups is 1. The number of nitrogens with one attached hydrogen (secondary N) is 2. The molecule has 0 spiro atoms. The summed E-state index contributed by atoms with van der Waals surface area (Å²) in [4.78, 5) is 22.1. The lowest BCUT2D eigenvalue weighted by atomic mass is 10.5. The van der Waals surface area contributed by atoms with E-state index in [0.717, 1.165) is 0 Å². The van der Waals surface area contributed by atoms with Gasteiger partial charge in [-0.2, -0.15) is 10.2 Å². The van der Waals surface area contributed by atoms with E-state index in [1.165, 1.54) is 17.1 Å². The van der Waals surface area contributed by atoms with Gasteiger partial charge >= 0.3 is 12.0 Å². The summed E-state index contributed by atoms with van der Waals surface area (Å²) in [5, 5.41) is 21.4. The number of anilines is 2. The Balaban J connectivity index is 1.91. The number of aryl methyl sites for hydroxylation is 1. The maximum absolute atomic E-state index is 11.6. The third kappa shape index (κ3) is 3.56. The molecular weight excluding hydrogens is 252 g/mol. The van der Waals surface area contributed by atoms with Gasteiger partial charge in [0.1, 0.15) is 6.54 Å². The summed E-state index contributed by atoms with van der Waals surface area (Å²) in [5.41, 5.74) is 0.398. The maximum Gasteiger partial charge on any atom is 0.325 e. The summed E-state index contributed by atoms with van der Waals surface area (Å²) in [5.74, 6) is -0.592. The maximum atomic E-state index is 11.6. The topological polar surface area (TPSA) is 114 Å². The molecule has 0 atom stereocenters. The average molecular weight is 264 g/mol. The van der Waals surface area contributed by atoms with Gasteiger partial charge < -0.3 is 10.4 Å². The van der Waals surface area contributed by atoms with Crippen molar-refractivity contribution >= 4 is 23.5 Å². The van der Waals surface area contributed by atoms with Crippen molar-refractivity contribution in [2.45, 2.75) is 6.54 Å². The van der Waals surface area contributed by atoms with Gasteiger partial charge in [-0.3, -0.25) is 19.5 Å². The van der Waals surface area contributed by atoms with Gasteiger partial charge in [-0.05, 0) is 0 Å². The quantitative estimate of drug-likeness (QED) is 0.737. The first-order valence-electron chi connectivity index (χ1n) is 5.35. The number of nitrogens with zero attached hydrogens (tertiary/aromatic N) is 4. The van der Waals surface area contributed by atoms with E-state index < -0.39 is 12.0 Å². The third-order valence-electron chi connectivity index (χ3n) is 2.14. The fourth-order valence-electron chi connectivity index (χ4n) is 1.41. The minimum Gasteiger partial charge on any atom is -0.480 e. The molecule has 0 saturated heterocycles. The molecule has 0 aliphatic carbocycles. The Morgan fingerprint density at radius 3 is 2.84 bits per heavy atom. The molecule has 3 N–H and O–H groups in total. The number of hydrogen-bond donors (Lipinski definition) is 3. The highest BCUT2D eigenvalue weighted by atomic mass is 16.4. The molecule has 0 fully saturated rings. The van der Waals surface area contributed by atoms with Crippen molar-refractivity contribution in [1.82, 2.24) is 19.6 Å². The van der Waals surface area contributed by atoms with Crippen LogP contribution in [-0.4, -0.2) is 36.7 Å². The number of carboxylic acids is 1. The molecule has 2 aromatic heterocycles. The van der Waals surface area contributed by atoms with Crippen LogP contribution in [0.5, 0.6) is 0 Å². The van der Waals surface area contributed by atoms with Crippen LogP contribution in [-0.2, 0) is 18.4 Å². The third-order valence-corrected chi connectivity index (χ3v) is 2.14. The molecule has 9 heteroatoms. The van der Waals surface area contributed by atoms with E-state index in [1.54, 1.807) is 24.0 Å². The van der Waals surface area contributed by atoms with Gasteiger partial charge in [-0.15, -0.1) is 0 Å². The van der Waals surface area contributed by atoms with Gasteiger partial charge in [0.25, 0.3) is 0 Å². The van der Waals surface area contributed by atoms with E-state index in [1.807, 2.05) is 0 Å². The number of rotatable bonds is 4. The minimum absolute atomic E-state index is 0.260. The highest BCUT2D eigenvalue weighted by molar-refractivity contribution is 5.98. The summed E-state index contributed by atoms with van der Waals surface area (Å²) in [7, 11) is 1.74. The molecule has 0 bridgehead atoms. The molecule has 0 radical (unpaired) electrons. The van der Waals surface area contributed by atoms with E-state index in [0.29, 0.717) is 11.5 Å². The van der Waals surface area contributed by atoms with Crippen molar-refractivity contribution in [3.63, 3.8) is 0 Å². The second-order valence-corrected chi connectivity index (χ2v) is 3.77. The lowest BCUT2D eigenvalue weighted by Gasteiger charge is -2.02. The Morgan fingerprint density at radius 2 is 2.21 bits per heavy atom. The Morgan fingerprint density at radius 1 is 1.42 bits per heavy atom. The number of hydrogen-bond acceptors (Lipinski definition) is 4. The molecule has 9 nitrogen and oxygen atoms in total. The zero-order chi connectivity index (χ0) is 13.8. The van der Waals surface area contributed by atoms with Gasteiger partial charge in [-0.1, -0.05) is 0 Å². The van der Waals surface area contributed by atoms with Crippen LogP contribution in [0.1, 0.15) is 0 Å². The Hall–Kier alpha value is -2.84. The smallest absolute Gasteiger partial charge is 0.325 e. The van der Waals surface area contributed by atoms with E-state index in [2.05, 4.69) is 20.8 Å². The standard InChI is InChI=1S/C10H12N6O3/c1-15-3-2-8(14-15)13-10(19)12-7-4-11-16(5-7)6-9(17)18/h2-5H,6H2,1H3,(H,17,18)(H2,12,13,14,19). The Labute approximate surface area is 107 Å². The minimum atomic E-state index is -1.01. The lowest BCUT2D eigenvalue weighted by molar-refractivity contribution is -0.137. The van der Waals surface area contributed by atoms with Crippen LogP contribution < -0.4 is 10.6 Å². The Kier molecular flexibility index (Phi) is 3.46. The van der Waals surface area contributed by atoms with E-state index in [-0.39, 0.29) is 6.54 Å². The predicted molar refractivity (Wildman–Crippen MR) is 65.7 cm³/mol. The van der Waals surface area contributed by atoms with E-state index in [4.69, 9.17) is 5.11 Å². The number of aromatic nitrogens is 4.